The molecule has 0 radical (unpaired) electrons. The molecule has 0 bridgehead atoms. The second kappa shape index (κ2) is 13.4. The fourth-order valence-electron chi connectivity index (χ4n) is 5.73. The number of aryl methyl sites for hydroxylation is 1. The van der Waals surface area contributed by atoms with Gasteiger partial charge in [0.15, 0.2) is 11.6 Å². The molecule has 0 saturated carbocycles. The van der Waals surface area contributed by atoms with Gasteiger partial charge in [-0.2, -0.15) is 0 Å². The Bertz CT molecular complexity index is 2390. The van der Waals surface area contributed by atoms with Crippen LogP contribution in [-0.2, 0) is 6.54 Å². The Labute approximate surface area is 288 Å². The molecule has 7 rings (SSSR count). The van der Waals surface area contributed by atoms with E-state index in [-0.39, 0.29) is 17.8 Å². The van der Waals surface area contributed by atoms with Crippen molar-refractivity contribution in [1.29, 1.82) is 0 Å². The van der Waals surface area contributed by atoms with Crippen LogP contribution in [0, 0.1) is 12.7 Å². The molecule has 2 N–H and O–H groups in total. The Morgan fingerprint density at radius 1 is 0.880 bits per heavy atom. The van der Waals surface area contributed by atoms with Crippen LogP contribution >= 0.6 is 0 Å². The standard InChI is InChI=1S/C41H35FN4O4/c1-26-9-11-28(12-10-26)32-24-46(23-27-7-5-4-6-8-27)35-17-19-44-40(38(35)39(32)47)45-29-13-16-37(33(42)21-29)50-36-18-20-43-34-22-30(14-15-31(34)36)49-25-41(2,3)48/h4-22,24,48H,23,25H2,1-3H3,(H,44,45). The predicted octanol–water partition coefficient (Wildman–Crippen LogP) is 8.79. The first-order valence-corrected chi connectivity index (χ1v) is 16.2. The minimum atomic E-state index is -0.985. The molecular formula is C41H35FN4O4. The van der Waals surface area contributed by atoms with E-state index in [2.05, 4.69) is 15.3 Å². The van der Waals surface area contributed by atoms with Crippen molar-refractivity contribution in [3.8, 4) is 28.4 Å². The Kier molecular flexibility index (Phi) is 8.74. The Morgan fingerprint density at radius 3 is 2.42 bits per heavy atom. The van der Waals surface area contributed by atoms with Crippen molar-refractivity contribution >= 4 is 33.3 Å². The summed E-state index contributed by atoms with van der Waals surface area (Å²) >= 11 is 0. The van der Waals surface area contributed by atoms with E-state index in [9.17, 15) is 9.90 Å². The molecule has 0 aliphatic rings. The first kappa shape index (κ1) is 32.5. The predicted molar refractivity (Wildman–Crippen MR) is 195 cm³/mol. The van der Waals surface area contributed by atoms with Gasteiger partial charge >= 0.3 is 0 Å². The zero-order valence-corrected chi connectivity index (χ0v) is 27.9. The largest absolute Gasteiger partial charge is 0.491 e. The van der Waals surface area contributed by atoms with Crippen LogP contribution < -0.4 is 20.2 Å². The molecule has 0 aliphatic carbocycles. The number of anilines is 2. The molecule has 250 valence electrons. The van der Waals surface area contributed by atoms with Crippen molar-refractivity contribution in [3.05, 3.63) is 149 Å². The summed E-state index contributed by atoms with van der Waals surface area (Å²) in [4.78, 5) is 23.1. The van der Waals surface area contributed by atoms with Gasteiger partial charge in [0.25, 0.3) is 0 Å². The fourth-order valence-corrected chi connectivity index (χ4v) is 5.73. The summed E-state index contributed by atoms with van der Waals surface area (Å²) in [5, 5.41) is 14.3. The molecule has 3 aromatic heterocycles. The molecule has 0 unspecified atom stereocenters. The number of rotatable bonds is 10. The Morgan fingerprint density at radius 2 is 1.66 bits per heavy atom. The molecule has 0 saturated heterocycles. The molecule has 0 spiro atoms. The highest BCUT2D eigenvalue weighted by Gasteiger charge is 2.18. The topological polar surface area (TPSA) is 98.5 Å². The lowest BCUT2D eigenvalue weighted by Gasteiger charge is -2.18. The molecule has 3 heterocycles. The van der Waals surface area contributed by atoms with Crippen LogP contribution in [0.5, 0.6) is 17.2 Å². The van der Waals surface area contributed by atoms with Gasteiger partial charge in [-0.3, -0.25) is 9.78 Å². The van der Waals surface area contributed by atoms with Gasteiger partial charge < -0.3 is 24.5 Å². The van der Waals surface area contributed by atoms with E-state index < -0.39 is 11.4 Å². The highest BCUT2D eigenvalue weighted by Crippen LogP contribution is 2.34. The van der Waals surface area contributed by atoms with E-state index in [1.165, 1.54) is 12.1 Å². The van der Waals surface area contributed by atoms with Crippen molar-refractivity contribution < 1.29 is 19.0 Å². The monoisotopic (exact) mass is 666 g/mol. The van der Waals surface area contributed by atoms with Gasteiger partial charge in [-0.15, -0.1) is 0 Å². The average molecular weight is 667 g/mol. The lowest BCUT2D eigenvalue weighted by atomic mass is 10.0. The summed E-state index contributed by atoms with van der Waals surface area (Å²) in [6.45, 7) is 5.99. The molecule has 0 amide bonds. The van der Waals surface area contributed by atoms with E-state index >= 15 is 4.39 Å². The summed E-state index contributed by atoms with van der Waals surface area (Å²) in [6, 6.07) is 31.2. The second-order valence-electron chi connectivity index (χ2n) is 12.9. The summed E-state index contributed by atoms with van der Waals surface area (Å²) in [5.74, 6) is 0.696. The van der Waals surface area contributed by atoms with Crippen LogP contribution in [0.3, 0.4) is 0 Å². The van der Waals surface area contributed by atoms with E-state index in [1.54, 1.807) is 56.6 Å². The number of fused-ring (bicyclic) bond motifs is 2. The van der Waals surface area contributed by atoms with Crippen LogP contribution in [0.25, 0.3) is 32.9 Å². The van der Waals surface area contributed by atoms with Gasteiger partial charge in [0.2, 0.25) is 5.43 Å². The first-order valence-electron chi connectivity index (χ1n) is 16.2. The minimum absolute atomic E-state index is 0.0168. The third-order valence-corrected chi connectivity index (χ3v) is 8.23. The van der Waals surface area contributed by atoms with Crippen molar-refractivity contribution in [2.45, 2.75) is 32.9 Å². The zero-order chi connectivity index (χ0) is 34.8. The number of benzene rings is 4. The van der Waals surface area contributed by atoms with Crippen LogP contribution in [0.2, 0.25) is 0 Å². The number of aromatic nitrogens is 3. The molecule has 9 heteroatoms. The SMILES string of the molecule is Cc1ccc(-c2cn(Cc3ccccc3)c3ccnc(Nc4ccc(Oc5ccnc6cc(OCC(C)(C)O)ccc56)c(F)c4)c3c2=O)cc1. The Hall–Kier alpha value is -6.06. The lowest BCUT2D eigenvalue weighted by Crippen LogP contribution is -2.27. The smallest absolute Gasteiger partial charge is 0.200 e. The number of ether oxygens (including phenoxy) is 2. The molecule has 0 atom stereocenters. The van der Waals surface area contributed by atoms with E-state index in [0.29, 0.717) is 56.9 Å². The van der Waals surface area contributed by atoms with Crippen molar-refractivity contribution in [3.63, 3.8) is 0 Å². The summed E-state index contributed by atoms with van der Waals surface area (Å²) in [6.07, 6.45) is 5.11. The highest BCUT2D eigenvalue weighted by molar-refractivity contribution is 5.94. The van der Waals surface area contributed by atoms with Gasteiger partial charge in [-0.25, -0.2) is 9.37 Å². The molecule has 4 aromatic carbocycles. The van der Waals surface area contributed by atoms with Gasteiger partial charge in [-0.05, 0) is 68.3 Å². The second-order valence-corrected chi connectivity index (χ2v) is 12.9. The number of aliphatic hydroxyl groups is 1. The first-order chi connectivity index (χ1) is 24.1. The quantitative estimate of drug-likeness (QED) is 0.151. The Balaban J connectivity index is 1.21. The maximum absolute atomic E-state index is 15.6. The van der Waals surface area contributed by atoms with Crippen molar-refractivity contribution in [2.24, 2.45) is 0 Å². The van der Waals surface area contributed by atoms with Gasteiger partial charge in [-0.1, -0.05) is 60.2 Å². The van der Waals surface area contributed by atoms with Gasteiger partial charge in [0.05, 0.1) is 22.0 Å². The summed E-state index contributed by atoms with van der Waals surface area (Å²) < 4.78 is 29.4. The third kappa shape index (κ3) is 7.04. The van der Waals surface area contributed by atoms with Crippen molar-refractivity contribution in [2.75, 3.05) is 11.9 Å². The number of hydrogen-bond donors (Lipinski definition) is 2. The molecule has 50 heavy (non-hydrogen) atoms. The number of nitrogens with one attached hydrogen (secondary N) is 1. The molecular weight excluding hydrogens is 631 g/mol. The van der Waals surface area contributed by atoms with Crippen LogP contribution in [-0.4, -0.2) is 31.8 Å². The average Bonchev–Trinajstić information content (AvgIpc) is 3.10. The maximum atomic E-state index is 15.6. The third-order valence-electron chi connectivity index (χ3n) is 8.23. The highest BCUT2D eigenvalue weighted by atomic mass is 19.1. The van der Waals surface area contributed by atoms with Crippen LogP contribution in [0.1, 0.15) is 25.0 Å². The molecule has 0 aliphatic heterocycles. The number of pyridine rings is 3. The fraction of sp³-hybridized carbons (Fsp3) is 0.146. The zero-order valence-electron chi connectivity index (χ0n) is 27.9. The van der Waals surface area contributed by atoms with Crippen LogP contribution in [0.15, 0.2) is 127 Å². The molecule has 7 aromatic rings. The van der Waals surface area contributed by atoms with E-state index in [1.807, 2.05) is 78.4 Å². The maximum Gasteiger partial charge on any atom is 0.200 e. The minimum Gasteiger partial charge on any atom is -0.491 e. The molecule has 0 fully saturated rings. The van der Waals surface area contributed by atoms with Gasteiger partial charge in [0.1, 0.15) is 23.9 Å². The molecule has 8 nitrogen and oxygen atoms in total. The number of nitrogens with zero attached hydrogens (tertiary/aromatic N) is 3. The van der Waals surface area contributed by atoms with Crippen molar-refractivity contribution in [1.82, 2.24) is 14.5 Å². The van der Waals surface area contributed by atoms with Gasteiger partial charge in [0, 0.05) is 53.9 Å². The number of halogens is 1. The number of hydrogen-bond acceptors (Lipinski definition) is 7. The van der Waals surface area contributed by atoms with E-state index in [0.717, 1.165) is 16.7 Å². The lowest BCUT2D eigenvalue weighted by molar-refractivity contribution is 0.0285. The van der Waals surface area contributed by atoms with E-state index in [4.69, 9.17) is 9.47 Å². The van der Waals surface area contributed by atoms with Crippen LogP contribution in [0.4, 0.5) is 15.9 Å². The summed E-state index contributed by atoms with van der Waals surface area (Å²) in [5.41, 5.74) is 4.05. The summed E-state index contributed by atoms with van der Waals surface area (Å²) in [7, 11) is 0. The normalized spacial score (nSPS) is 11.5.